The molecule has 0 aliphatic carbocycles. The van der Waals surface area contributed by atoms with Gasteiger partial charge in [0, 0.05) is 5.75 Å². The molecule has 0 aromatic heterocycles. The van der Waals surface area contributed by atoms with Gasteiger partial charge in [0.15, 0.2) is 0 Å². The quantitative estimate of drug-likeness (QED) is 0.291. The number of halogens is 1. The molecule has 1 aromatic carbocycles. The predicted molar refractivity (Wildman–Crippen MR) is 51.3 cm³/mol. The zero-order chi connectivity index (χ0) is 7.94. The summed E-state index contributed by atoms with van der Waals surface area (Å²) in [7, 11) is 0. The molecule has 0 fully saturated rings. The Bertz CT molecular complexity index is 213. The maximum absolute atomic E-state index is 5.36. The Morgan fingerprint density at radius 2 is 2.00 bits per heavy atom. The first-order chi connectivity index (χ1) is 5.43. The molecule has 0 N–H and O–H groups in total. The number of hydrogen-bond acceptors (Lipinski definition) is 1. The van der Waals surface area contributed by atoms with Crippen molar-refractivity contribution in [2.75, 3.05) is 6.61 Å². The van der Waals surface area contributed by atoms with Crippen LogP contribution >= 0.6 is 0 Å². The van der Waals surface area contributed by atoms with Gasteiger partial charge in [-0.2, -0.15) is 18.2 Å². The number of rotatable bonds is 4. The maximum Gasteiger partial charge on any atom is 2.00 e. The summed E-state index contributed by atoms with van der Waals surface area (Å²) in [5.41, 5.74) is 0. The molecule has 0 atom stereocenters. The van der Waals surface area contributed by atoms with Crippen LogP contribution in [0.15, 0.2) is 36.9 Å². The number of ether oxygens (including phenoxy) is 1. The molecule has 0 aliphatic rings. The van der Waals surface area contributed by atoms with E-state index < -0.39 is 0 Å². The van der Waals surface area contributed by atoms with E-state index in [2.05, 4.69) is 12.6 Å². The van der Waals surface area contributed by atoms with Gasteiger partial charge in [-0.05, 0) is 6.42 Å². The molecule has 0 heterocycles. The molecular formula is C10H11BrMgO. The molecule has 0 amide bonds. The van der Waals surface area contributed by atoms with Gasteiger partial charge in [-0.3, -0.25) is 0 Å². The molecule has 1 aromatic rings. The second-order valence-corrected chi connectivity index (χ2v) is 2.16. The minimum absolute atomic E-state index is 0. The fourth-order valence-corrected chi connectivity index (χ4v) is 0.728. The predicted octanol–water partition coefficient (Wildman–Crippen LogP) is -0.935. The second-order valence-electron chi connectivity index (χ2n) is 2.16. The third-order valence-corrected chi connectivity index (χ3v) is 1.28. The van der Waals surface area contributed by atoms with E-state index in [0.29, 0.717) is 6.61 Å². The van der Waals surface area contributed by atoms with E-state index in [1.165, 1.54) is 0 Å². The first-order valence-electron chi connectivity index (χ1n) is 3.63. The third kappa shape index (κ3) is 7.11. The van der Waals surface area contributed by atoms with Gasteiger partial charge in [0.1, 0.15) is 0 Å². The van der Waals surface area contributed by atoms with Gasteiger partial charge in [0.25, 0.3) is 0 Å². The Balaban J connectivity index is 0. The zero-order valence-electron chi connectivity index (χ0n) is 7.50. The van der Waals surface area contributed by atoms with Gasteiger partial charge < -0.3 is 21.7 Å². The van der Waals surface area contributed by atoms with Crippen molar-refractivity contribution in [1.29, 1.82) is 0 Å². The fourth-order valence-electron chi connectivity index (χ4n) is 0.728. The largest absolute Gasteiger partial charge is 2.00 e. The van der Waals surface area contributed by atoms with Crippen LogP contribution in [0.1, 0.15) is 6.42 Å². The summed E-state index contributed by atoms with van der Waals surface area (Å²) >= 11 is 0. The summed E-state index contributed by atoms with van der Waals surface area (Å²) in [6.07, 6.45) is 2.73. The van der Waals surface area contributed by atoms with Gasteiger partial charge in [-0.25, -0.2) is 0 Å². The third-order valence-electron chi connectivity index (χ3n) is 1.28. The molecule has 0 radical (unpaired) electrons. The molecule has 13 heavy (non-hydrogen) atoms. The molecule has 1 nitrogen and oxygen atoms in total. The fraction of sp³-hybridized carbons (Fsp3) is 0.200. The van der Waals surface area contributed by atoms with E-state index in [4.69, 9.17) is 4.74 Å². The Morgan fingerprint density at radius 1 is 1.38 bits per heavy atom. The summed E-state index contributed by atoms with van der Waals surface area (Å²) in [4.78, 5) is 0. The first kappa shape index (κ1) is 15.5. The Morgan fingerprint density at radius 3 is 2.54 bits per heavy atom. The molecule has 0 bridgehead atoms. The van der Waals surface area contributed by atoms with Crippen LogP contribution in [0.4, 0.5) is 0 Å². The first-order valence-corrected chi connectivity index (χ1v) is 3.63. The van der Waals surface area contributed by atoms with Crippen LogP contribution in [-0.2, 0) is 0 Å². The Hall–Kier alpha value is 0.00623. The Kier molecular flexibility index (Phi) is 12.0. The van der Waals surface area contributed by atoms with E-state index in [9.17, 15) is 0 Å². The van der Waals surface area contributed by atoms with Gasteiger partial charge in [-0.15, -0.1) is 18.7 Å². The van der Waals surface area contributed by atoms with Crippen LogP contribution in [0.5, 0.6) is 5.75 Å². The van der Waals surface area contributed by atoms with Gasteiger partial charge in [0.2, 0.25) is 0 Å². The second kappa shape index (κ2) is 10.1. The van der Waals surface area contributed by atoms with Crippen molar-refractivity contribution in [3.05, 3.63) is 43.0 Å². The minimum Gasteiger partial charge on any atom is -1.00 e. The Labute approximate surface area is 106 Å². The van der Waals surface area contributed by atoms with Crippen LogP contribution < -0.4 is 21.7 Å². The summed E-state index contributed by atoms with van der Waals surface area (Å²) in [6.45, 7) is 4.31. The summed E-state index contributed by atoms with van der Waals surface area (Å²) in [5.74, 6) is 0.894. The van der Waals surface area contributed by atoms with E-state index in [1.54, 1.807) is 0 Å². The topological polar surface area (TPSA) is 9.23 Å². The smallest absolute Gasteiger partial charge is 1.00 e. The number of benzene rings is 1. The van der Waals surface area contributed by atoms with Crippen molar-refractivity contribution in [2.45, 2.75) is 6.42 Å². The van der Waals surface area contributed by atoms with Crippen LogP contribution in [-0.4, -0.2) is 29.7 Å². The minimum atomic E-state index is 0. The standard InChI is InChI=1S/C10H11O.BrH.Mg/c1-2-3-9-11-10-7-5-4-6-8-10;;/h2,5-8H,1,3,9H2;1H;/q-1;;+2/p-1. The molecule has 1 rings (SSSR count). The van der Waals surface area contributed by atoms with Gasteiger partial charge in [-0.1, -0.05) is 6.08 Å². The monoisotopic (exact) mass is 250 g/mol. The molecule has 0 unspecified atom stereocenters. The van der Waals surface area contributed by atoms with Crippen molar-refractivity contribution in [1.82, 2.24) is 0 Å². The molecule has 0 aliphatic heterocycles. The maximum atomic E-state index is 5.36. The van der Waals surface area contributed by atoms with Gasteiger partial charge >= 0.3 is 23.1 Å². The summed E-state index contributed by atoms with van der Waals surface area (Å²) in [6, 6.07) is 10.4. The van der Waals surface area contributed by atoms with E-state index >= 15 is 0 Å². The van der Waals surface area contributed by atoms with Crippen LogP contribution in [0, 0.1) is 6.07 Å². The molecule has 0 saturated carbocycles. The van der Waals surface area contributed by atoms with Crippen LogP contribution in [0.25, 0.3) is 0 Å². The van der Waals surface area contributed by atoms with Gasteiger partial charge in [0.05, 0.1) is 6.61 Å². The van der Waals surface area contributed by atoms with Crippen LogP contribution in [0.3, 0.4) is 0 Å². The number of hydrogen-bond donors (Lipinski definition) is 0. The van der Waals surface area contributed by atoms with Crippen LogP contribution in [0.2, 0.25) is 0 Å². The SMILES string of the molecule is C=CCCOc1cc[c-]cc1.[Br-].[Mg+2]. The zero-order valence-corrected chi connectivity index (χ0v) is 10.5. The average Bonchev–Trinajstić information content (AvgIpc) is 2.07. The van der Waals surface area contributed by atoms with Crippen molar-refractivity contribution in [3.63, 3.8) is 0 Å². The summed E-state index contributed by atoms with van der Waals surface area (Å²) in [5, 5.41) is 0. The normalized spacial score (nSPS) is 7.69. The molecule has 66 valence electrons. The van der Waals surface area contributed by atoms with Crippen molar-refractivity contribution >= 4 is 23.1 Å². The van der Waals surface area contributed by atoms with E-state index in [1.807, 2.05) is 30.3 Å². The summed E-state index contributed by atoms with van der Waals surface area (Å²) < 4.78 is 5.36. The van der Waals surface area contributed by atoms with Crippen molar-refractivity contribution in [2.24, 2.45) is 0 Å². The van der Waals surface area contributed by atoms with Crippen molar-refractivity contribution < 1.29 is 21.7 Å². The average molecular weight is 251 g/mol. The molecule has 0 spiro atoms. The molecular weight excluding hydrogens is 240 g/mol. The van der Waals surface area contributed by atoms with E-state index in [0.717, 1.165) is 12.2 Å². The molecule has 3 heteroatoms. The molecule has 0 saturated heterocycles. The van der Waals surface area contributed by atoms with Crippen molar-refractivity contribution in [3.8, 4) is 5.75 Å². The van der Waals surface area contributed by atoms with E-state index in [-0.39, 0.29) is 40.0 Å².